The largest absolute Gasteiger partial charge is 0.432 e. The molecule has 0 saturated heterocycles. The molecule has 0 bridgehead atoms. The first kappa shape index (κ1) is 13.6. The van der Waals surface area contributed by atoms with E-state index in [9.17, 15) is 0 Å². The van der Waals surface area contributed by atoms with Crippen LogP contribution in [0.5, 0.6) is 0 Å². The van der Waals surface area contributed by atoms with Crippen LogP contribution in [0.15, 0.2) is 22.1 Å². The van der Waals surface area contributed by atoms with Gasteiger partial charge in [-0.05, 0) is 35.9 Å². The molecule has 108 valence electrons. The Balaban J connectivity index is 1.60. The molecule has 5 heteroatoms. The molecule has 4 nitrogen and oxygen atoms in total. The lowest BCUT2D eigenvalue weighted by Crippen LogP contribution is -2.29. The van der Waals surface area contributed by atoms with Gasteiger partial charge in [0.1, 0.15) is 6.26 Å². The summed E-state index contributed by atoms with van der Waals surface area (Å²) in [5.74, 6) is 0.653. The summed E-state index contributed by atoms with van der Waals surface area (Å²) in [6.45, 7) is 8.09. The molecular weight excluding hydrogens is 270 g/mol. The van der Waals surface area contributed by atoms with Crippen LogP contribution < -0.4 is 10.2 Å². The zero-order valence-corrected chi connectivity index (χ0v) is 12.9. The highest BCUT2D eigenvalue weighted by atomic mass is 32.1. The Morgan fingerprint density at radius 2 is 2.40 bits per heavy atom. The maximum absolute atomic E-state index is 5.63. The molecule has 2 aromatic heterocycles. The number of aromatic nitrogens is 1. The van der Waals surface area contributed by atoms with Gasteiger partial charge in [-0.1, -0.05) is 13.8 Å². The standard InChI is InChI=1S/C15H21N3OS/c1-11(2)7-16-8-13-10-19-15(17-13)18-5-3-14-12(9-18)4-6-20-14/h4,6,10-11,16H,3,5,7-9H2,1-2H3. The smallest absolute Gasteiger partial charge is 0.297 e. The fourth-order valence-electron chi connectivity index (χ4n) is 2.42. The summed E-state index contributed by atoms with van der Waals surface area (Å²) in [5, 5.41) is 5.56. The van der Waals surface area contributed by atoms with Crippen LogP contribution in [-0.4, -0.2) is 18.1 Å². The molecule has 3 rings (SSSR count). The Hall–Kier alpha value is -1.33. The van der Waals surface area contributed by atoms with Crippen molar-refractivity contribution in [3.8, 4) is 0 Å². The summed E-state index contributed by atoms with van der Waals surface area (Å²) in [6.07, 6.45) is 2.86. The number of hydrogen-bond donors (Lipinski definition) is 1. The molecule has 0 saturated carbocycles. The molecule has 1 aliphatic heterocycles. The van der Waals surface area contributed by atoms with Crippen molar-refractivity contribution in [2.24, 2.45) is 5.92 Å². The minimum Gasteiger partial charge on any atom is -0.432 e. The molecule has 0 unspecified atom stereocenters. The monoisotopic (exact) mass is 291 g/mol. The van der Waals surface area contributed by atoms with E-state index in [0.29, 0.717) is 5.92 Å². The number of nitrogens with one attached hydrogen (secondary N) is 1. The molecule has 0 amide bonds. The summed E-state index contributed by atoms with van der Waals surface area (Å²) >= 11 is 1.85. The number of hydrogen-bond acceptors (Lipinski definition) is 5. The molecule has 1 aliphatic rings. The summed E-state index contributed by atoms with van der Waals surface area (Å²) in [6, 6.07) is 2.96. The van der Waals surface area contributed by atoms with Crippen molar-refractivity contribution in [3.63, 3.8) is 0 Å². The van der Waals surface area contributed by atoms with Gasteiger partial charge >= 0.3 is 0 Å². The summed E-state index contributed by atoms with van der Waals surface area (Å²) in [4.78, 5) is 8.32. The van der Waals surface area contributed by atoms with E-state index >= 15 is 0 Å². The first-order valence-electron chi connectivity index (χ1n) is 7.17. The number of anilines is 1. The van der Waals surface area contributed by atoms with E-state index in [4.69, 9.17) is 4.42 Å². The minimum atomic E-state index is 0.653. The van der Waals surface area contributed by atoms with Crippen molar-refractivity contribution < 1.29 is 4.42 Å². The predicted molar refractivity (Wildman–Crippen MR) is 82.1 cm³/mol. The lowest BCUT2D eigenvalue weighted by atomic mass is 10.1. The number of fused-ring (bicyclic) bond motifs is 1. The van der Waals surface area contributed by atoms with E-state index in [1.807, 2.05) is 11.3 Å². The third kappa shape index (κ3) is 3.04. The van der Waals surface area contributed by atoms with Crippen molar-refractivity contribution in [3.05, 3.63) is 33.8 Å². The average molecular weight is 291 g/mol. The highest BCUT2D eigenvalue weighted by Gasteiger charge is 2.20. The van der Waals surface area contributed by atoms with Gasteiger partial charge in [0.15, 0.2) is 0 Å². The van der Waals surface area contributed by atoms with Gasteiger partial charge in [-0.15, -0.1) is 11.3 Å². The highest BCUT2D eigenvalue weighted by molar-refractivity contribution is 7.10. The average Bonchev–Trinajstić information content (AvgIpc) is 3.05. The molecule has 0 spiro atoms. The van der Waals surface area contributed by atoms with E-state index in [1.54, 1.807) is 6.26 Å². The highest BCUT2D eigenvalue weighted by Crippen LogP contribution is 2.27. The van der Waals surface area contributed by atoms with Crippen LogP contribution in [-0.2, 0) is 19.5 Å². The van der Waals surface area contributed by atoms with E-state index in [0.717, 1.165) is 44.3 Å². The zero-order chi connectivity index (χ0) is 13.9. The zero-order valence-electron chi connectivity index (χ0n) is 12.1. The van der Waals surface area contributed by atoms with Crippen molar-refractivity contribution in [1.29, 1.82) is 0 Å². The predicted octanol–water partition coefficient (Wildman–Crippen LogP) is 3.04. The quantitative estimate of drug-likeness (QED) is 0.919. The van der Waals surface area contributed by atoms with Crippen LogP contribution in [0.1, 0.15) is 30.0 Å². The van der Waals surface area contributed by atoms with Gasteiger partial charge in [0, 0.05) is 24.5 Å². The second-order valence-electron chi connectivity index (χ2n) is 5.69. The van der Waals surface area contributed by atoms with Gasteiger partial charge in [-0.3, -0.25) is 0 Å². The first-order chi connectivity index (χ1) is 9.72. The lowest BCUT2D eigenvalue weighted by molar-refractivity contribution is 0.522. The van der Waals surface area contributed by atoms with Gasteiger partial charge in [-0.2, -0.15) is 4.98 Å². The minimum absolute atomic E-state index is 0.653. The maximum atomic E-state index is 5.63. The molecule has 2 aromatic rings. The van der Waals surface area contributed by atoms with Gasteiger partial charge in [0.05, 0.1) is 5.69 Å². The van der Waals surface area contributed by atoms with E-state index < -0.39 is 0 Å². The number of oxazole rings is 1. The number of nitrogens with zero attached hydrogens (tertiary/aromatic N) is 2. The fourth-order valence-corrected chi connectivity index (χ4v) is 3.31. The SMILES string of the molecule is CC(C)CNCc1coc(N2CCc3sccc3C2)n1. The van der Waals surface area contributed by atoms with Crippen LogP contribution in [0.2, 0.25) is 0 Å². The van der Waals surface area contributed by atoms with Crippen LogP contribution >= 0.6 is 11.3 Å². The lowest BCUT2D eigenvalue weighted by Gasteiger charge is -2.25. The van der Waals surface area contributed by atoms with Gasteiger partial charge < -0.3 is 14.6 Å². The maximum Gasteiger partial charge on any atom is 0.297 e. The Bertz CT molecular complexity index is 561. The van der Waals surface area contributed by atoms with Crippen molar-refractivity contribution in [1.82, 2.24) is 10.3 Å². The summed E-state index contributed by atoms with van der Waals surface area (Å²) in [5.41, 5.74) is 2.40. The second-order valence-corrected chi connectivity index (χ2v) is 6.69. The van der Waals surface area contributed by atoms with Crippen molar-refractivity contribution in [2.45, 2.75) is 33.4 Å². The van der Waals surface area contributed by atoms with Crippen LogP contribution in [0, 0.1) is 5.92 Å². The molecule has 0 atom stereocenters. The molecule has 3 heterocycles. The van der Waals surface area contributed by atoms with Crippen molar-refractivity contribution in [2.75, 3.05) is 18.0 Å². The van der Waals surface area contributed by atoms with E-state index in [-0.39, 0.29) is 0 Å². The van der Waals surface area contributed by atoms with Crippen LogP contribution in [0.3, 0.4) is 0 Å². The van der Waals surface area contributed by atoms with Crippen LogP contribution in [0.4, 0.5) is 6.01 Å². The molecule has 1 N–H and O–H groups in total. The molecule has 0 aromatic carbocycles. The third-order valence-electron chi connectivity index (χ3n) is 3.48. The van der Waals surface area contributed by atoms with Gasteiger partial charge in [-0.25, -0.2) is 0 Å². The Kier molecular flexibility index (Phi) is 4.08. The Morgan fingerprint density at radius 1 is 1.50 bits per heavy atom. The number of thiophene rings is 1. The van der Waals surface area contributed by atoms with Crippen molar-refractivity contribution >= 4 is 17.4 Å². The van der Waals surface area contributed by atoms with Crippen LogP contribution in [0.25, 0.3) is 0 Å². The fraction of sp³-hybridized carbons (Fsp3) is 0.533. The topological polar surface area (TPSA) is 41.3 Å². The van der Waals surface area contributed by atoms with Gasteiger partial charge in [0.2, 0.25) is 0 Å². The Labute approximate surface area is 123 Å². The van der Waals surface area contributed by atoms with Gasteiger partial charge in [0.25, 0.3) is 6.01 Å². The molecule has 0 fully saturated rings. The summed E-state index contributed by atoms with van der Waals surface area (Å²) in [7, 11) is 0. The third-order valence-corrected chi connectivity index (χ3v) is 4.50. The normalized spacial score (nSPS) is 14.8. The van der Waals surface area contributed by atoms with E-state index in [1.165, 1.54) is 10.4 Å². The Morgan fingerprint density at radius 3 is 3.25 bits per heavy atom. The first-order valence-corrected chi connectivity index (χ1v) is 8.05. The number of rotatable bonds is 5. The molecule has 0 aliphatic carbocycles. The van der Waals surface area contributed by atoms with E-state index in [2.05, 4.69) is 40.5 Å². The molecular formula is C15H21N3OS. The molecule has 0 radical (unpaired) electrons. The molecule has 20 heavy (non-hydrogen) atoms. The summed E-state index contributed by atoms with van der Waals surface area (Å²) < 4.78 is 5.63. The second kappa shape index (κ2) is 5.97.